The molecule has 0 radical (unpaired) electrons. The molecule has 6 heteroatoms. The van der Waals surface area contributed by atoms with Gasteiger partial charge in [0, 0.05) is 32.4 Å². The van der Waals surface area contributed by atoms with E-state index in [0.29, 0.717) is 18.8 Å². The van der Waals surface area contributed by atoms with Gasteiger partial charge in [0.25, 0.3) is 5.91 Å². The van der Waals surface area contributed by atoms with Gasteiger partial charge in [0.05, 0.1) is 5.69 Å². The molecule has 1 aliphatic carbocycles. The summed E-state index contributed by atoms with van der Waals surface area (Å²) in [4.78, 5) is 20.6. The highest BCUT2D eigenvalue weighted by molar-refractivity contribution is 5.92. The Bertz CT molecular complexity index is 710. The highest BCUT2D eigenvalue weighted by atomic mass is 16.2. The second kappa shape index (κ2) is 5.95. The highest BCUT2D eigenvalue weighted by Gasteiger charge is 2.24. The van der Waals surface area contributed by atoms with Crippen LogP contribution in [0, 0.1) is 0 Å². The standard InChI is InChI=1S/C17H19N5O/c23-17(15-5-1-2-7-18-15)22-10-8-21(9-11-22)16-12-13-4-3-6-14(13)19-20-16/h1-2,5,7,12H,3-4,6,8-11H2. The number of fused-ring (bicyclic) bond motifs is 1. The van der Waals surface area contributed by atoms with Crippen LogP contribution < -0.4 is 4.90 Å². The van der Waals surface area contributed by atoms with Crippen molar-refractivity contribution < 1.29 is 4.79 Å². The quantitative estimate of drug-likeness (QED) is 0.837. The molecule has 3 heterocycles. The topological polar surface area (TPSA) is 62.2 Å². The summed E-state index contributed by atoms with van der Waals surface area (Å²) in [7, 11) is 0. The van der Waals surface area contributed by atoms with Gasteiger partial charge in [0.2, 0.25) is 0 Å². The van der Waals surface area contributed by atoms with E-state index >= 15 is 0 Å². The van der Waals surface area contributed by atoms with Crippen molar-refractivity contribution in [3.05, 3.63) is 47.4 Å². The van der Waals surface area contributed by atoms with E-state index in [0.717, 1.165) is 37.4 Å². The van der Waals surface area contributed by atoms with Crippen molar-refractivity contribution in [1.82, 2.24) is 20.1 Å². The first-order chi connectivity index (χ1) is 11.3. The molecule has 2 aromatic heterocycles. The predicted molar refractivity (Wildman–Crippen MR) is 86.4 cm³/mol. The van der Waals surface area contributed by atoms with Crippen molar-refractivity contribution in [2.45, 2.75) is 19.3 Å². The lowest BCUT2D eigenvalue weighted by atomic mass is 10.2. The lowest BCUT2D eigenvalue weighted by Gasteiger charge is -2.35. The minimum atomic E-state index is 0.00490. The molecule has 0 aromatic carbocycles. The van der Waals surface area contributed by atoms with Crippen LogP contribution in [0.15, 0.2) is 30.5 Å². The molecule has 2 aliphatic rings. The second-order valence-corrected chi connectivity index (χ2v) is 6.02. The van der Waals surface area contributed by atoms with Crippen LogP contribution in [0.1, 0.15) is 28.2 Å². The molecule has 6 nitrogen and oxygen atoms in total. The Morgan fingerprint density at radius 1 is 1.04 bits per heavy atom. The summed E-state index contributed by atoms with van der Waals surface area (Å²) in [6.45, 7) is 2.94. The molecule has 0 spiro atoms. The van der Waals surface area contributed by atoms with Crippen LogP contribution >= 0.6 is 0 Å². The fourth-order valence-electron chi connectivity index (χ4n) is 3.26. The molecule has 4 rings (SSSR count). The maximum atomic E-state index is 12.4. The molecule has 1 aliphatic heterocycles. The van der Waals surface area contributed by atoms with Gasteiger partial charge in [-0.3, -0.25) is 9.78 Å². The largest absolute Gasteiger partial charge is 0.352 e. The highest BCUT2D eigenvalue weighted by Crippen LogP contribution is 2.23. The van der Waals surface area contributed by atoms with Gasteiger partial charge in [-0.2, -0.15) is 5.10 Å². The molecular weight excluding hydrogens is 290 g/mol. The number of anilines is 1. The number of nitrogens with zero attached hydrogens (tertiary/aromatic N) is 5. The number of aromatic nitrogens is 3. The van der Waals surface area contributed by atoms with Crippen LogP contribution in [-0.2, 0) is 12.8 Å². The zero-order chi connectivity index (χ0) is 15.6. The predicted octanol–water partition coefficient (Wildman–Crippen LogP) is 1.32. The summed E-state index contributed by atoms with van der Waals surface area (Å²) < 4.78 is 0. The van der Waals surface area contributed by atoms with E-state index in [9.17, 15) is 4.79 Å². The Balaban J connectivity index is 1.42. The van der Waals surface area contributed by atoms with Gasteiger partial charge < -0.3 is 9.80 Å². The lowest BCUT2D eigenvalue weighted by molar-refractivity contribution is 0.0740. The van der Waals surface area contributed by atoms with E-state index in [1.807, 2.05) is 17.0 Å². The number of piperazine rings is 1. The van der Waals surface area contributed by atoms with E-state index in [2.05, 4.69) is 26.1 Å². The molecule has 0 atom stereocenters. The molecular formula is C17H19N5O. The van der Waals surface area contributed by atoms with Crippen molar-refractivity contribution in [1.29, 1.82) is 0 Å². The third-order valence-corrected chi connectivity index (χ3v) is 4.58. The fraction of sp³-hybridized carbons (Fsp3) is 0.412. The van der Waals surface area contributed by atoms with Gasteiger partial charge >= 0.3 is 0 Å². The van der Waals surface area contributed by atoms with Crippen LogP contribution in [0.5, 0.6) is 0 Å². The number of carbonyl (C=O) groups is 1. The molecule has 23 heavy (non-hydrogen) atoms. The van der Waals surface area contributed by atoms with Crippen LogP contribution in [0.3, 0.4) is 0 Å². The third kappa shape index (κ3) is 2.76. The average Bonchev–Trinajstić information content (AvgIpc) is 3.10. The zero-order valence-corrected chi connectivity index (χ0v) is 13.0. The molecule has 0 bridgehead atoms. The monoisotopic (exact) mass is 309 g/mol. The lowest BCUT2D eigenvalue weighted by Crippen LogP contribution is -2.49. The molecule has 2 aromatic rings. The number of pyridine rings is 1. The SMILES string of the molecule is O=C(c1ccccn1)N1CCN(c2cc3c(nn2)CCC3)CC1. The van der Waals surface area contributed by atoms with Crippen molar-refractivity contribution in [2.75, 3.05) is 31.1 Å². The van der Waals surface area contributed by atoms with Gasteiger partial charge in [0.1, 0.15) is 5.69 Å². The summed E-state index contributed by atoms with van der Waals surface area (Å²) in [5.74, 6) is 0.945. The first-order valence-electron chi connectivity index (χ1n) is 8.12. The minimum Gasteiger partial charge on any atom is -0.352 e. The van der Waals surface area contributed by atoms with Gasteiger partial charge in [-0.15, -0.1) is 5.10 Å². The number of rotatable bonds is 2. The fourth-order valence-corrected chi connectivity index (χ4v) is 3.26. The van der Waals surface area contributed by atoms with Gasteiger partial charge in [-0.25, -0.2) is 0 Å². The van der Waals surface area contributed by atoms with Crippen LogP contribution in [0.25, 0.3) is 0 Å². The Morgan fingerprint density at radius 2 is 1.91 bits per heavy atom. The number of carbonyl (C=O) groups excluding carboxylic acids is 1. The molecule has 1 saturated heterocycles. The molecule has 0 saturated carbocycles. The van der Waals surface area contributed by atoms with Crippen LogP contribution in [0.4, 0.5) is 5.82 Å². The van der Waals surface area contributed by atoms with Crippen molar-refractivity contribution in [2.24, 2.45) is 0 Å². The van der Waals surface area contributed by atoms with E-state index in [1.54, 1.807) is 12.3 Å². The van der Waals surface area contributed by atoms with E-state index in [1.165, 1.54) is 12.0 Å². The summed E-state index contributed by atoms with van der Waals surface area (Å²) in [6.07, 6.45) is 4.99. The molecule has 1 fully saturated rings. The second-order valence-electron chi connectivity index (χ2n) is 6.02. The first-order valence-corrected chi connectivity index (χ1v) is 8.12. The molecule has 0 unspecified atom stereocenters. The summed E-state index contributed by atoms with van der Waals surface area (Å²) in [6, 6.07) is 7.60. The minimum absolute atomic E-state index is 0.00490. The maximum Gasteiger partial charge on any atom is 0.272 e. The normalized spacial score (nSPS) is 17.2. The Hall–Kier alpha value is -2.50. The molecule has 0 N–H and O–H groups in total. The zero-order valence-electron chi connectivity index (χ0n) is 13.0. The van der Waals surface area contributed by atoms with E-state index in [4.69, 9.17) is 0 Å². The van der Waals surface area contributed by atoms with Crippen molar-refractivity contribution >= 4 is 11.7 Å². The van der Waals surface area contributed by atoms with Gasteiger partial charge in [-0.05, 0) is 43.0 Å². The molecule has 1 amide bonds. The van der Waals surface area contributed by atoms with Crippen molar-refractivity contribution in [3.63, 3.8) is 0 Å². The summed E-state index contributed by atoms with van der Waals surface area (Å²) in [5, 5.41) is 8.72. The number of aryl methyl sites for hydroxylation is 2. The Labute approximate surface area is 135 Å². The van der Waals surface area contributed by atoms with Crippen LogP contribution in [0.2, 0.25) is 0 Å². The smallest absolute Gasteiger partial charge is 0.272 e. The summed E-state index contributed by atoms with van der Waals surface area (Å²) in [5.41, 5.74) is 3.00. The number of amides is 1. The summed E-state index contributed by atoms with van der Waals surface area (Å²) >= 11 is 0. The Morgan fingerprint density at radius 3 is 2.70 bits per heavy atom. The van der Waals surface area contributed by atoms with Crippen molar-refractivity contribution in [3.8, 4) is 0 Å². The van der Waals surface area contributed by atoms with Gasteiger partial charge in [0.15, 0.2) is 5.82 Å². The number of hydrogen-bond acceptors (Lipinski definition) is 5. The van der Waals surface area contributed by atoms with E-state index in [-0.39, 0.29) is 5.91 Å². The van der Waals surface area contributed by atoms with E-state index < -0.39 is 0 Å². The Kier molecular flexibility index (Phi) is 3.65. The first kappa shape index (κ1) is 14.1. The molecule has 118 valence electrons. The number of hydrogen-bond donors (Lipinski definition) is 0. The van der Waals surface area contributed by atoms with Gasteiger partial charge in [-0.1, -0.05) is 6.07 Å². The maximum absolute atomic E-state index is 12.4. The van der Waals surface area contributed by atoms with Crippen LogP contribution in [-0.4, -0.2) is 52.2 Å². The average molecular weight is 309 g/mol. The third-order valence-electron chi connectivity index (χ3n) is 4.58.